The van der Waals surface area contributed by atoms with Crippen molar-refractivity contribution < 1.29 is 0 Å². The van der Waals surface area contributed by atoms with Crippen LogP contribution in [0.3, 0.4) is 0 Å². The standard InChI is InChI=1S/C11H21NS/c1-11(2,3)9-6-10(12-4)8-13(5)7-9/h7-9,12H,6H2,1-5H3. The van der Waals surface area contributed by atoms with Gasteiger partial charge in [-0.15, -0.1) is 0 Å². The third-order valence-electron chi connectivity index (χ3n) is 2.58. The normalized spacial score (nSPS) is 29.2. The molecular formula is C11H21NS. The predicted molar refractivity (Wildman–Crippen MR) is 64.3 cm³/mol. The summed E-state index contributed by atoms with van der Waals surface area (Å²) in [7, 11) is 2.38. The van der Waals surface area contributed by atoms with Crippen LogP contribution >= 0.6 is 10.5 Å². The highest BCUT2D eigenvalue weighted by Crippen LogP contribution is 2.35. The molecule has 1 heterocycles. The Morgan fingerprint density at radius 3 is 2.54 bits per heavy atom. The minimum absolute atomic E-state index is 0.354. The molecule has 2 heteroatoms. The van der Waals surface area contributed by atoms with Crippen LogP contribution in [0, 0.1) is 11.3 Å². The maximum absolute atomic E-state index is 3.28. The molecule has 76 valence electrons. The molecular weight excluding hydrogens is 178 g/mol. The first-order chi connectivity index (χ1) is 5.93. The van der Waals surface area contributed by atoms with E-state index >= 15 is 0 Å². The lowest BCUT2D eigenvalue weighted by atomic mass is 9.79. The SMILES string of the molecule is CNC1=CS(C)=CC(C(C)(C)C)C1. The minimum atomic E-state index is 0.354. The Hall–Kier alpha value is -0.240. The van der Waals surface area contributed by atoms with Gasteiger partial charge in [-0.1, -0.05) is 26.1 Å². The third kappa shape index (κ3) is 2.87. The van der Waals surface area contributed by atoms with Crippen molar-refractivity contribution in [1.82, 2.24) is 5.32 Å². The van der Waals surface area contributed by atoms with E-state index in [9.17, 15) is 0 Å². The monoisotopic (exact) mass is 199 g/mol. The zero-order chi connectivity index (χ0) is 10.1. The second kappa shape index (κ2) is 3.87. The fourth-order valence-corrected chi connectivity index (χ4v) is 3.29. The summed E-state index contributed by atoms with van der Waals surface area (Å²) in [5, 5.41) is 8.13. The van der Waals surface area contributed by atoms with Crippen molar-refractivity contribution in [3.63, 3.8) is 0 Å². The van der Waals surface area contributed by atoms with Crippen molar-refractivity contribution in [3.05, 3.63) is 11.1 Å². The van der Waals surface area contributed by atoms with Crippen molar-refractivity contribution in [2.75, 3.05) is 13.3 Å². The average Bonchev–Trinajstić information content (AvgIpc) is 2.01. The summed E-state index contributed by atoms with van der Waals surface area (Å²) in [5.41, 5.74) is 1.81. The molecule has 13 heavy (non-hydrogen) atoms. The molecule has 1 nitrogen and oxygen atoms in total. The summed E-state index contributed by atoms with van der Waals surface area (Å²) < 4.78 is 0. The van der Waals surface area contributed by atoms with E-state index in [1.54, 1.807) is 0 Å². The summed E-state index contributed by atoms with van der Waals surface area (Å²) in [6.07, 6.45) is 3.46. The quantitative estimate of drug-likeness (QED) is 0.640. The van der Waals surface area contributed by atoms with Crippen molar-refractivity contribution in [2.45, 2.75) is 27.2 Å². The van der Waals surface area contributed by atoms with Gasteiger partial charge in [0.1, 0.15) is 0 Å². The molecule has 2 atom stereocenters. The van der Waals surface area contributed by atoms with Gasteiger partial charge in [0.25, 0.3) is 0 Å². The van der Waals surface area contributed by atoms with Gasteiger partial charge in [-0.2, -0.15) is 10.5 Å². The first kappa shape index (κ1) is 10.8. The van der Waals surface area contributed by atoms with Gasteiger partial charge >= 0.3 is 0 Å². The molecule has 0 saturated heterocycles. The van der Waals surface area contributed by atoms with Crippen LogP contribution in [-0.4, -0.2) is 18.7 Å². The molecule has 1 aliphatic rings. The maximum Gasteiger partial charge on any atom is 0.0169 e. The van der Waals surface area contributed by atoms with Crippen LogP contribution in [0.4, 0.5) is 0 Å². The van der Waals surface area contributed by atoms with Gasteiger partial charge in [0.2, 0.25) is 0 Å². The largest absolute Gasteiger partial charge is 0.391 e. The van der Waals surface area contributed by atoms with E-state index in [1.807, 2.05) is 7.05 Å². The van der Waals surface area contributed by atoms with Crippen molar-refractivity contribution in [1.29, 1.82) is 0 Å². The molecule has 0 bridgehead atoms. The highest BCUT2D eigenvalue weighted by Gasteiger charge is 2.25. The minimum Gasteiger partial charge on any atom is -0.391 e. The average molecular weight is 199 g/mol. The summed E-state index contributed by atoms with van der Waals surface area (Å²) in [4.78, 5) is 0. The second-order valence-electron chi connectivity index (χ2n) is 4.81. The van der Waals surface area contributed by atoms with Crippen molar-refractivity contribution in [2.24, 2.45) is 11.3 Å². The Balaban J connectivity index is 2.81. The zero-order valence-corrected chi connectivity index (χ0v) is 10.2. The highest BCUT2D eigenvalue weighted by molar-refractivity contribution is 8.17. The first-order valence-corrected chi connectivity index (χ1v) is 6.56. The molecule has 0 aromatic rings. The summed E-state index contributed by atoms with van der Waals surface area (Å²) in [6, 6.07) is 0. The fraction of sp³-hybridized carbons (Fsp3) is 0.727. The molecule has 0 aromatic heterocycles. The Labute approximate surface area is 84.5 Å². The molecule has 1 N–H and O–H groups in total. The van der Waals surface area contributed by atoms with Crippen molar-refractivity contribution >= 4 is 15.9 Å². The lowest BCUT2D eigenvalue weighted by Crippen LogP contribution is -2.26. The summed E-state index contributed by atoms with van der Waals surface area (Å²) >= 11 is 0. The van der Waals surface area contributed by atoms with Crippen LogP contribution in [0.2, 0.25) is 0 Å². The first-order valence-electron chi connectivity index (χ1n) is 4.80. The topological polar surface area (TPSA) is 12.0 Å². The Bertz CT molecular complexity index is 245. The number of hydrogen-bond acceptors (Lipinski definition) is 1. The summed E-state index contributed by atoms with van der Waals surface area (Å²) in [6.45, 7) is 6.97. The van der Waals surface area contributed by atoms with Gasteiger partial charge in [-0.25, -0.2) is 0 Å². The van der Waals surface area contributed by atoms with Crippen LogP contribution in [0.25, 0.3) is 0 Å². The second-order valence-corrected chi connectivity index (χ2v) is 6.54. The molecule has 0 amide bonds. The molecule has 0 spiro atoms. The van der Waals surface area contributed by atoms with Gasteiger partial charge in [0.05, 0.1) is 0 Å². The molecule has 0 saturated carbocycles. The molecule has 0 aromatic carbocycles. The predicted octanol–water partition coefficient (Wildman–Crippen LogP) is 2.81. The van der Waals surface area contributed by atoms with Crippen LogP contribution < -0.4 is 5.32 Å². The van der Waals surface area contributed by atoms with Crippen LogP contribution in [-0.2, 0) is 0 Å². The molecule has 1 aliphatic heterocycles. The van der Waals surface area contributed by atoms with E-state index in [-0.39, 0.29) is 0 Å². The molecule has 0 fully saturated rings. The Morgan fingerprint density at radius 1 is 1.46 bits per heavy atom. The van der Waals surface area contributed by atoms with Crippen molar-refractivity contribution in [3.8, 4) is 0 Å². The Kier molecular flexibility index (Phi) is 3.23. The van der Waals surface area contributed by atoms with E-state index in [4.69, 9.17) is 0 Å². The van der Waals surface area contributed by atoms with Gasteiger partial charge in [0, 0.05) is 12.7 Å². The van der Waals surface area contributed by atoms with E-state index < -0.39 is 0 Å². The zero-order valence-electron chi connectivity index (χ0n) is 9.35. The van der Waals surface area contributed by atoms with E-state index in [2.05, 4.69) is 43.1 Å². The molecule has 2 unspecified atom stereocenters. The molecule has 0 aliphatic carbocycles. The smallest absolute Gasteiger partial charge is 0.0169 e. The number of rotatable bonds is 1. The van der Waals surface area contributed by atoms with Gasteiger partial charge < -0.3 is 5.32 Å². The van der Waals surface area contributed by atoms with Crippen LogP contribution in [0.15, 0.2) is 11.1 Å². The number of hydrogen-bond donors (Lipinski definition) is 1. The van der Waals surface area contributed by atoms with Gasteiger partial charge in [-0.05, 0) is 29.4 Å². The lowest BCUT2D eigenvalue weighted by molar-refractivity contribution is 0.315. The third-order valence-corrected chi connectivity index (χ3v) is 3.99. The number of nitrogens with one attached hydrogen (secondary N) is 1. The fourth-order valence-electron chi connectivity index (χ4n) is 1.53. The van der Waals surface area contributed by atoms with Crippen LogP contribution in [0.1, 0.15) is 27.2 Å². The highest BCUT2D eigenvalue weighted by atomic mass is 32.2. The van der Waals surface area contributed by atoms with E-state index in [1.165, 1.54) is 12.1 Å². The molecule has 1 rings (SSSR count). The van der Waals surface area contributed by atoms with Gasteiger partial charge in [0.15, 0.2) is 0 Å². The molecule has 0 radical (unpaired) electrons. The maximum atomic E-state index is 3.28. The summed E-state index contributed by atoms with van der Waals surface area (Å²) in [5.74, 6) is 0.716. The van der Waals surface area contributed by atoms with Gasteiger partial charge in [-0.3, -0.25) is 0 Å². The Morgan fingerprint density at radius 2 is 2.08 bits per heavy atom. The van der Waals surface area contributed by atoms with Crippen LogP contribution in [0.5, 0.6) is 0 Å². The van der Waals surface area contributed by atoms with E-state index in [0.717, 1.165) is 0 Å². The lowest BCUT2D eigenvalue weighted by Gasteiger charge is -2.32. The number of allylic oxidation sites excluding steroid dienone is 1. The van der Waals surface area contributed by atoms with E-state index in [0.29, 0.717) is 21.8 Å².